The van der Waals surface area contributed by atoms with Crippen LogP contribution >= 0.6 is 0 Å². The number of carbonyl (C=O) groups is 1. The third kappa shape index (κ3) is 4.47. The summed E-state index contributed by atoms with van der Waals surface area (Å²) in [6.45, 7) is 4.49. The summed E-state index contributed by atoms with van der Waals surface area (Å²) in [4.78, 5) is 23.6. The molecule has 4 heterocycles. The van der Waals surface area contributed by atoms with Gasteiger partial charge in [0.05, 0.1) is 17.6 Å². The molecule has 3 aromatic heterocycles. The minimum absolute atomic E-state index is 0.274. The Bertz CT molecular complexity index is 988. The van der Waals surface area contributed by atoms with E-state index in [1.807, 2.05) is 38.4 Å². The van der Waals surface area contributed by atoms with E-state index in [-0.39, 0.29) is 6.03 Å². The Morgan fingerprint density at radius 1 is 1.10 bits per heavy atom. The number of nitrogens with one attached hydrogen (secondary N) is 2. The highest BCUT2D eigenvalue weighted by Crippen LogP contribution is 2.19. The van der Waals surface area contributed by atoms with Crippen molar-refractivity contribution in [3.63, 3.8) is 0 Å². The average molecular weight is 393 g/mol. The van der Waals surface area contributed by atoms with Gasteiger partial charge in [0.2, 0.25) is 0 Å². The molecule has 0 aliphatic carbocycles. The Kier molecular flexibility index (Phi) is 5.59. The molecule has 1 aliphatic rings. The van der Waals surface area contributed by atoms with Crippen molar-refractivity contribution in [1.29, 1.82) is 0 Å². The molecule has 1 saturated heterocycles. The largest absolute Gasteiger partial charge is 0.357 e. The molecule has 1 fully saturated rings. The van der Waals surface area contributed by atoms with Gasteiger partial charge in [-0.3, -0.25) is 4.68 Å². The van der Waals surface area contributed by atoms with Crippen LogP contribution in [0.1, 0.15) is 36.9 Å². The highest BCUT2D eigenvalue weighted by Gasteiger charge is 2.11. The number of pyridine rings is 2. The minimum Gasteiger partial charge on any atom is -0.357 e. The van der Waals surface area contributed by atoms with Gasteiger partial charge < -0.3 is 15.5 Å². The molecule has 3 aromatic rings. The van der Waals surface area contributed by atoms with E-state index >= 15 is 0 Å². The van der Waals surface area contributed by atoms with E-state index < -0.39 is 0 Å². The van der Waals surface area contributed by atoms with Gasteiger partial charge in [0, 0.05) is 38.3 Å². The number of amides is 2. The molecule has 8 nitrogen and oxygen atoms in total. The SMILES string of the molecule is Cc1nn(C)c2ncc(NC(=O)NCc3ccc(N4CCCCCC4)nc3)cc12. The molecule has 0 unspecified atom stereocenters. The van der Waals surface area contributed by atoms with Gasteiger partial charge in [-0.2, -0.15) is 5.10 Å². The van der Waals surface area contributed by atoms with Gasteiger partial charge >= 0.3 is 6.03 Å². The van der Waals surface area contributed by atoms with Crippen LogP contribution in [-0.4, -0.2) is 38.9 Å². The molecular formula is C21H27N7O. The molecule has 0 atom stereocenters. The standard InChI is InChI=1S/C21H27N7O/c1-15-18-11-17(14-23-20(18)27(2)26-15)25-21(29)24-13-16-7-8-19(22-12-16)28-9-5-3-4-6-10-28/h7-8,11-12,14H,3-6,9-10,13H2,1-2H3,(H2,24,25,29). The van der Waals surface area contributed by atoms with Gasteiger partial charge in [-0.05, 0) is 37.5 Å². The van der Waals surface area contributed by atoms with E-state index in [4.69, 9.17) is 0 Å². The van der Waals surface area contributed by atoms with Crippen LogP contribution in [0.5, 0.6) is 0 Å². The number of aromatic nitrogens is 4. The van der Waals surface area contributed by atoms with E-state index in [1.54, 1.807) is 10.9 Å². The van der Waals surface area contributed by atoms with Crippen molar-refractivity contribution in [2.45, 2.75) is 39.2 Å². The van der Waals surface area contributed by atoms with Gasteiger partial charge in [0.15, 0.2) is 5.65 Å². The maximum atomic E-state index is 12.3. The predicted molar refractivity (Wildman–Crippen MR) is 114 cm³/mol. The van der Waals surface area contributed by atoms with E-state index in [1.165, 1.54) is 25.7 Å². The molecule has 29 heavy (non-hydrogen) atoms. The minimum atomic E-state index is -0.274. The number of hydrogen-bond donors (Lipinski definition) is 2. The van der Waals surface area contributed by atoms with Gasteiger partial charge in [-0.15, -0.1) is 0 Å². The maximum absolute atomic E-state index is 12.3. The Labute approximate surface area is 170 Å². The lowest BCUT2D eigenvalue weighted by Crippen LogP contribution is -2.28. The Morgan fingerprint density at radius 3 is 2.62 bits per heavy atom. The first kappa shape index (κ1) is 19.2. The van der Waals surface area contributed by atoms with Crippen molar-refractivity contribution in [3.8, 4) is 0 Å². The number of aryl methyl sites for hydroxylation is 2. The molecule has 0 spiro atoms. The highest BCUT2D eigenvalue weighted by molar-refractivity contribution is 5.92. The number of anilines is 2. The van der Waals surface area contributed by atoms with Crippen molar-refractivity contribution in [3.05, 3.63) is 41.9 Å². The Hall–Kier alpha value is -3.16. The molecule has 2 amide bonds. The van der Waals surface area contributed by atoms with Crippen LogP contribution in [0.4, 0.5) is 16.3 Å². The number of hydrogen-bond acceptors (Lipinski definition) is 5. The summed E-state index contributed by atoms with van der Waals surface area (Å²) < 4.78 is 1.73. The third-order valence-corrected chi connectivity index (χ3v) is 5.31. The number of urea groups is 1. The second-order valence-electron chi connectivity index (χ2n) is 7.54. The highest BCUT2D eigenvalue weighted by atomic mass is 16.2. The van der Waals surface area contributed by atoms with Gasteiger partial charge in [0.25, 0.3) is 0 Å². The molecule has 0 saturated carbocycles. The molecule has 152 valence electrons. The van der Waals surface area contributed by atoms with Crippen LogP contribution in [0.25, 0.3) is 11.0 Å². The predicted octanol–water partition coefficient (Wildman–Crippen LogP) is 3.37. The summed E-state index contributed by atoms with van der Waals surface area (Å²) in [6, 6.07) is 5.69. The van der Waals surface area contributed by atoms with Crippen LogP contribution in [0.15, 0.2) is 30.6 Å². The van der Waals surface area contributed by atoms with Crippen molar-refractivity contribution >= 4 is 28.6 Å². The quantitative estimate of drug-likeness (QED) is 0.709. The summed E-state index contributed by atoms with van der Waals surface area (Å²) in [5, 5.41) is 11.0. The summed E-state index contributed by atoms with van der Waals surface area (Å²) in [7, 11) is 1.86. The molecule has 0 bridgehead atoms. The topological polar surface area (TPSA) is 88.0 Å². The number of rotatable bonds is 4. The van der Waals surface area contributed by atoms with E-state index in [2.05, 4.69) is 30.6 Å². The van der Waals surface area contributed by atoms with Crippen LogP contribution in [-0.2, 0) is 13.6 Å². The van der Waals surface area contributed by atoms with Crippen LogP contribution < -0.4 is 15.5 Å². The molecule has 0 aromatic carbocycles. The summed E-state index contributed by atoms with van der Waals surface area (Å²) >= 11 is 0. The van der Waals surface area contributed by atoms with E-state index in [0.29, 0.717) is 12.2 Å². The molecule has 2 N–H and O–H groups in total. The first-order chi connectivity index (χ1) is 14.1. The molecule has 8 heteroatoms. The lowest BCUT2D eigenvalue weighted by Gasteiger charge is -2.21. The molecule has 1 aliphatic heterocycles. The number of nitrogens with zero attached hydrogens (tertiary/aromatic N) is 5. The fourth-order valence-electron chi connectivity index (χ4n) is 3.74. The van der Waals surface area contributed by atoms with Crippen LogP contribution in [0.3, 0.4) is 0 Å². The average Bonchev–Trinajstić information content (AvgIpc) is 2.91. The van der Waals surface area contributed by atoms with Crippen molar-refractivity contribution in [1.82, 2.24) is 25.1 Å². The monoisotopic (exact) mass is 393 g/mol. The zero-order chi connectivity index (χ0) is 20.2. The van der Waals surface area contributed by atoms with Gasteiger partial charge in [-0.25, -0.2) is 14.8 Å². The smallest absolute Gasteiger partial charge is 0.319 e. The van der Waals surface area contributed by atoms with E-state index in [0.717, 1.165) is 41.2 Å². The van der Waals surface area contributed by atoms with E-state index in [9.17, 15) is 4.79 Å². The van der Waals surface area contributed by atoms with Crippen molar-refractivity contribution in [2.24, 2.45) is 7.05 Å². The van der Waals surface area contributed by atoms with Gasteiger partial charge in [0.1, 0.15) is 5.82 Å². The molecular weight excluding hydrogens is 366 g/mol. The van der Waals surface area contributed by atoms with Gasteiger partial charge in [-0.1, -0.05) is 18.9 Å². The summed E-state index contributed by atoms with van der Waals surface area (Å²) in [5.74, 6) is 1.02. The lowest BCUT2D eigenvalue weighted by atomic mass is 10.2. The van der Waals surface area contributed by atoms with Crippen molar-refractivity contribution < 1.29 is 4.79 Å². The summed E-state index contributed by atoms with van der Waals surface area (Å²) in [6.07, 6.45) is 8.54. The van der Waals surface area contributed by atoms with Crippen molar-refractivity contribution in [2.75, 3.05) is 23.3 Å². The first-order valence-corrected chi connectivity index (χ1v) is 10.1. The maximum Gasteiger partial charge on any atom is 0.319 e. The lowest BCUT2D eigenvalue weighted by molar-refractivity contribution is 0.251. The summed E-state index contributed by atoms with van der Waals surface area (Å²) in [5.41, 5.74) is 3.29. The Morgan fingerprint density at radius 2 is 1.90 bits per heavy atom. The number of carbonyl (C=O) groups excluding carboxylic acids is 1. The normalized spacial score (nSPS) is 14.6. The van der Waals surface area contributed by atoms with Crippen LogP contribution in [0, 0.1) is 6.92 Å². The van der Waals surface area contributed by atoms with Crippen LogP contribution in [0.2, 0.25) is 0 Å². The fraction of sp³-hybridized carbons (Fsp3) is 0.429. The molecule has 0 radical (unpaired) electrons. The number of fused-ring (bicyclic) bond motifs is 1. The zero-order valence-corrected chi connectivity index (χ0v) is 17.0. The first-order valence-electron chi connectivity index (χ1n) is 10.1. The molecule has 4 rings (SSSR count). The fourth-order valence-corrected chi connectivity index (χ4v) is 3.74. The second kappa shape index (κ2) is 8.46. The second-order valence-corrected chi connectivity index (χ2v) is 7.54. The zero-order valence-electron chi connectivity index (χ0n) is 17.0. The Balaban J connectivity index is 1.33. The third-order valence-electron chi connectivity index (χ3n) is 5.31.